The molecule has 3 heterocycles. The second-order valence-electron chi connectivity index (χ2n) is 13.8. The van der Waals surface area contributed by atoms with Gasteiger partial charge < -0.3 is 8.98 Å². The van der Waals surface area contributed by atoms with E-state index in [-0.39, 0.29) is 20.1 Å². The Morgan fingerprint density at radius 3 is 2.24 bits per heavy atom. The monoisotopic (exact) mass is 895 g/mol. The van der Waals surface area contributed by atoms with Crippen LogP contribution in [0.5, 0.6) is 0 Å². The number of para-hydroxylation sites is 4. The third-order valence-corrected chi connectivity index (χ3v) is 13.2. The van der Waals surface area contributed by atoms with Gasteiger partial charge in [-0.1, -0.05) is 59.5 Å². The van der Waals surface area contributed by atoms with Crippen LogP contribution in [-0.4, -0.2) is 27.8 Å². The molecule has 253 valence electrons. The van der Waals surface area contributed by atoms with Gasteiger partial charge >= 0.3 is 120 Å². The van der Waals surface area contributed by atoms with E-state index in [0.717, 1.165) is 66.9 Å². The summed E-state index contributed by atoms with van der Waals surface area (Å²) in [7, 11) is 0. The average molecular weight is 894 g/mol. The third-order valence-electron chi connectivity index (χ3n) is 9.02. The van der Waals surface area contributed by atoms with Crippen LogP contribution in [0.4, 0.5) is 0 Å². The summed E-state index contributed by atoms with van der Waals surface area (Å²) in [5, 5.41) is 2.19. The Labute approximate surface area is 312 Å². The molecule has 0 saturated heterocycles. The minimum Gasteiger partial charge on any atom is 0 e. The predicted octanol–water partition coefficient (Wildman–Crippen LogP) is 11.2. The molecule has 0 fully saturated rings. The van der Waals surface area contributed by atoms with Crippen molar-refractivity contribution in [3.63, 3.8) is 0 Å². The minimum atomic E-state index is -2.03. The Bertz CT molecular complexity index is 2470. The summed E-state index contributed by atoms with van der Waals surface area (Å²) in [5.74, 6) is 7.29. The number of hydrogen-bond donors (Lipinski definition) is 0. The van der Waals surface area contributed by atoms with E-state index in [1.807, 2.05) is 74.6 Å². The normalized spacial score (nSPS) is 12.0. The van der Waals surface area contributed by atoms with Gasteiger partial charge in [0, 0.05) is 31.2 Å². The van der Waals surface area contributed by atoms with Gasteiger partial charge in [-0.3, -0.25) is 4.98 Å². The van der Waals surface area contributed by atoms with Crippen LogP contribution in [0.2, 0.25) is 17.3 Å². The zero-order chi connectivity index (χ0) is 35.2. The number of nitrogens with zero attached hydrogens (tertiary/aromatic N) is 3. The molecule has 4 nitrogen and oxygen atoms in total. The summed E-state index contributed by atoms with van der Waals surface area (Å²) in [6.45, 7) is 8.20. The summed E-state index contributed by atoms with van der Waals surface area (Å²) < 4.78 is 18.3. The predicted molar refractivity (Wildman–Crippen MR) is 208 cm³/mol. The van der Waals surface area contributed by atoms with E-state index in [1.54, 1.807) is 0 Å². The van der Waals surface area contributed by atoms with Crippen molar-refractivity contribution in [1.82, 2.24) is 14.5 Å². The Hall–Kier alpha value is -4.29. The molecule has 8 aromatic rings. The van der Waals surface area contributed by atoms with Crippen molar-refractivity contribution in [1.29, 1.82) is 0 Å². The Kier molecular flexibility index (Phi) is 9.92. The molecule has 0 amide bonds. The molecule has 6 heteroatoms. The number of imidazole rings is 1. The number of furan rings is 1. The molecule has 0 aliphatic rings. The quantitative estimate of drug-likeness (QED) is 0.128. The maximum Gasteiger partial charge on any atom is 0 e. The summed E-state index contributed by atoms with van der Waals surface area (Å²) in [5.41, 5.74) is 11.2. The Morgan fingerprint density at radius 1 is 0.800 bits per heavy atom. The van der Waals surface area contributed by atoms with E-state index in [9.17, 15) is 0 Å². The second-order valence-corrected chi connectivity index (χ2v) is 24.4. The van der Waals surface area contributed by atoms with E-state index in [0.29, 0.717) is 0 Å². The number of rotatable bonds is 5. The molecule has 0 atom stereocenters. The molecule has 0 aliphatic carbocycles. The number of benzene rings is 5. The number of hydrogen-bond acceptors (Lipinski definition) is 3. The van der Waals surface area contributed by atoms with Crippen molar-refractivity contribution >= 4 is 50.6 Å². The fraction of sp³-hybridized carbons (Fsp3) is 0.182. The van der Waals surface area contributed by atoms with Gasteiger partial charge in [0.2, 0.25) is 0 Å². The Balaban J connectivity index is 0.000000188. The van der Waals surface area contributed by atoms with Gasteiger partial charge in [0.25, 0.3) is 0 Å². The van der Waals surface area contributed by atoms with Crippen LogP contribution < -0.4 is 4.40 Å². The molecule has 50 heavy (non-hydrogen) atoms. The van der Waals surface area contributed by atoms with Crippen LogP contribution in [-0.2, 0) is 20.1 Å². The molecule has 0 N–H and O–H groups in total. The van der Waals surface area contributed by atoms with Crippen molar-refractivity contribution in [3.8, 4) is 28.3 Å². The van der Waals surface area contributed by atoms with Gasteiger partial charge in [-0.05, 0) is 43.2 Å². The summed E-state index contributed by atoms with van der Waals surface area (Å²) >= 11 is -2.03. The van der Waals surface area contributed by atoms with Crippen molar-refractivity contribution < 1.29 is 25.9 Å². The fourth-order valence-corrected chi connectivity index (χ4v) is 9.92. The van der Waals surface area contributed by atoms with Crippen LogP contribution in [0.3, 0.4) is 0 Å². The molecular weight excluding hydrogens is 851 g/mol. The van der Waals surface area contributed by atoms with E-state index >= 15 is 0 Å². The van der Waals surface area contributed by atoms with Gasteiger partial charge in [0.1, 0.15) is 5.58 Å². The first kappa shape index (κ1) is 34.2. The van der Waals surface area contributed by atoms with Crippen LogP contribution in [0, 0.1) is 26.0 Å². The van der Waals surface area contributed by atoms with Crippen molar-refractivity contribution in [2.45, 2.75) is 50.9 Å². The van der Waals surface area contributed by atoms with Gasteiger partial charge in [0.05, 0.1) is 22.4 Å². The SMILES string of the molecule is Cc1cccc(C)c1-n1c(-c2[c-]ccc3c2oc2ccccc23)nc2ccccc21.[2H]C(C)(C)c1cc(-c2[c-]cccc2)nc[c]1[Ge]([CH3])([CH3])[CH3].[Ir]. The van der Waals surface area contributed by atoms with Gasteiger partial charge in [0.15, 0.2) is 0 Å². The standard InChI is InChI=1S/C27H19N2O.C17H22GeN.Ir/c1-17-9-7-10-18(2)25(17)29-23-15-5-4-14-22(23)28-27(29)21-13-8-12-20-19-11-3-6-16-24(19)30-26(20)21;1-13(2)15-11-17(14-9-7-6-8-10-14)19-12-16(15)18(3,4)5;/h3-12,14-16H,1-2H3;6-9,11-13H,1-5H3;/q2*-1;/i;13D;. The first-order valence-corrected chi connectivity index (χ1v) is 24.1. The summed E-state index contributed by atoms with van der Waals surface area (Å²) in [6, 6.07) is 43.4. The summed E-state index contributed by atoms with van der Waals surface area (Å²) in [4.78, 5) is 9.66. The second kappa shape index (κ2) is 14.5. The van der Waals surface area contributed by atoms with E-state index in [2.05, 4.69) is 107 Å². The van der Waals surface area contributed by atoms with Gasteiger partial charge in [-0.2, -0.15) is 0 Å². The zero-order valence-electron chi connectivity index (χ0n) is 30.6. The average Bonchev–Trinajstić information content (AvgIpc) is 3.67. The molecule has 0 unspecified atom stereocenters. The number of fused-ring (bicyclic) bond motifs is 4. The molecule has 0 saturated carbocycles. The maximum atomic E-state index is 8.44. The van der Waals surface area contributed by atoms with E-state index in [4.69, 9.17) is 10.8 Å². The number of aromatic nitrogens is 3. The van der Waals surface area contributed by atoms with Crippen LogP contribution in [0.15, 0.2) is 120 Å². The van der Waals surface area contributed by atoms with Crippen LogP contribution >= 0.6 is 0 Å². The molecule has 0 spiro atoms. The van der Waals surface area contributed by atoms with Crippen LogP contribution in [0.1, 0.15) is 37.8 Å². The third kappa shape index (κ3) is 6.75. The maximum absolute atomic E-state index is 8.44. The van der Waals surface area contributed by atoms with Crippen molar-refractivity contribution in [2.75, 3.05) is 0 Å². The van der Waals surface area contributed by atoms with Crippen molar-refractivity contribution in [2.24, 2.45) is 0 Å². The van der Waals surface area contributed by atoms with Gasteiger partial charge in [-0.15, -0.1) is 18.2 Å². The molecule has 1 radical (unpaired) electrons. The number of aryl methyl sites for hydroxylation is 2. The molecule has 3 aromatic heterocycles. The Morgan fingerprint density at radius 2 is 1.52 bits per heavy atom. The topological polar surface area (TPSA) is 43.9 Å². The van der Waals surface area contributed by atoms with Gasteiger partial charge in [-0.25, -0.2) is 0 Å². The molecule has 8 rings (SSSR count). The number of pyridine rings is 1. The smallest absolute Gasteiger partial charge is 0 e. The van der Waals surface area contributed by atoms with Crippen molar-refractivity contribution in [3.05, 3.63) is 144 Å². The van der Waals surface area contributed by atoms with E-state index in [1.165, 1.54) is 15.5 Å². The fourth-order valence-electron chi connectivity index (χ4n) is 6.60. The zero-order valence-corrected chi connectivity index (χ0v) is 34.0. The molecule has 0 bridgehead atoms. The molecular formula is C44H41GeIrN3O-2. The molecule has 0 aliphatic heterocycles. The largest absolute Gasteiger partial charge is 0 e. The first-order chi connectivity index (χ1) is 23.9. The summed E-state index contributed by atoms with van der Waals surface area (Å²) in [6.07, 6.45) is 2.00. The van der Waals surface area contributed by atoms with E-state index < -0.39 is 19.2 Å². The minimum absolute atomic E-state index is 0. The van der Waals surface area contributed by atoms with Crippen LogP contribution in [0.25, 0.3) is 61.3 Å². The first-order valence-electron chi connectivity index (χ1n) is 17.3. The molecule has 5 aromatic carbocycles.